The standard InChI is InChI=1S/C13H18N2O5/c1-8(2)6-10(13(16)17)14-9-4-5-11(15(18)19)12(7-9)20-3/h4-5,7-8,10,14H,6H2,1-3H3,(H,16,17). The van der Waals surface area contributed by atoms with Crippen molar-refractivity contribution >= 4 is 17.3 Å². The molecule has 1 unspecified atom stereocenters. The van der Waals surface area contributed by atoms with Gasteiger partial charge in [0, 0.05) is 17.8 Å². The molecule has 0 heterocycles. The molecule has 0 aliphatic rings. The van der Waals surface area contributed by atoms with Crippen LogP contribution in [0.25, 0.3) is 0 Å². The predicted molar refractivity (Wildman–Crippen MR) is 74.1 cm³/mol. The van der Waals surface area contributed by atoms with Crippen LogP contribution in [0.15, 0.2) is 18.2 Å². The molecule has 0 bridgehead atoms. The molecule has 0 aliphatic carbocycles. The molecule has 20 heavy (non-hydrogen) atoms. The van der Waals surface area contributed by atoms with Gasteiger partial charge in [-0.05, 0) is 18.4 Å². The van der Waals surface area contributed by atoms with Crippen LogP contribution in [0, 0.1) is 16.0 Å². The minimum atomic E-state index is -0.962. The van der Waals surface area contributed by atoms with Crippen molar-refractivity contribution in [1.82, 2.24) is 0 Å². The van der Waals surface area contributed by atoms with Gasteiger partial charge in [0.1, 0.15) is 6.04 Å². The van der Waals surface area contributed by atoms with Crippen molar-refractivity contribution in [3.8, 4) is 5.75 Å². The second-order valence-corrected chi connectivity index (χ2v) is 4.81. The number of carboxylic acid groups (broad SMARTS) is 1. The van der Waals surface area contributed by atoms with E-state index in [1.165, 1.54) is 25.3 Å². The summed E-state index contributed by atoms with van der Waals surface area (Å²) < 4.78 is 4.94. The largest absolute Gasteiger partial charge is 0.490 e. The van der Waals surface area contributed by atoms with E-state index in [9.17, 15) is 14.9 Å². The van der Waals surface area contributed by atoms with Gasteiger partial charge in [0.05, 0.1) is 12.0 Å². The molecule has 0 saturated carbocycles. The van der Waals surface area contributed by atoms with E-state index in [0.29, 0.717) is 12.1 Å². The first-order chi connectivity index (χ1) is 9.35. The van der Waals surface area contributed by atoms with Gasteiger partial charge >= 0.3 is 11.7 Å². The van der Waals surface area contributed by atoms with Gasteiger partial charge in [0.25, 0.3) is 0 Å². The number of hydrogen-bond donors (Lipinski definition) is 2. The molecule has 2 N–H and O–H groups in total. The SMILES string of the molecule is COc1cc(NC(CC(C)C)C(=O)O)ccc1[N+](=O)[O-]. The van der Waals surface area contributed by atoms with Crippen molar-refractivity contribution in [1.29, 1.82) is 0 Å². The lowest BCUT2D eigenvalue weighted by Gasteiger charge is -2.18. The Kier molecular flexibility index (Phi) is 5.31. The zero-order valence-corrected chi connectivity index (χ0v) is 11.6. The molecule has 1 aromatic rings. The summed E-state index contributed by atoms with van der Waals surface area (Å²) in [6, 6.07) is 3.43. The smallest absolute Gasteiger partial charge is 0.326 e. The number of ether oxygens (including phenoxy) is 1. The van der Waals surface area contributed by atoms with E-state index in [1.54, 1.807) is 0 Å². The van der Waals surface area contributed by atoms with Gasteiger partial charge in [-0.15, -0.1) is 0 Å². The van der Waals surface area contributed by atoms with Crippen molar-refractivity contribution in [2.75, 3.05) is 12.4 Å². The Morgan fingerprint density at radius 3 is 2.60 bits per heavy atom. The number of anilines is 1. The highest BCUT2D eigenvalue weighted by Crippen LogP contribution is 2.30. The highest BCUT2D eigenvalue weighted by molar-refractivity contribution is 5.77. The number of hydrogen-bond acceptors (Lipinski definition) is 5. The van der Waals surface area contributed by atoms with E-state index in [-0.39, 0.29) is 17.4 Å². The van der Waals surface area contributed by atoms with Crippen molar-refractivity contribution in [2.24, 2.45) is 5.92 Å². The van der Waals surface area contributed by atoms with Crippen molar-refractivity contribution in [3.63, 3.8) is 0 Å². The zero-order valence-electron chi connectivity index (χ0n) is 11.6. The maximum Gasteiger partial charge on any atom is 0.326 e. The zero-order chi connectivity index (χ0) is 15.3. The average Bonchev–Trinajstić information content (AvgIpc) is 2.36. The van der Waals surface area contributed by atoms with E-state index >= 15 is 0 Å². The van der Waals surface area contributed by atoms with E-state index in [2.05, 4.69) is 5.32 Å². The highest BCUT2D eigenvalue weighted by Gasteiger charge is 2.20. The minimum absolute atomic E-state index is 0.0914. The fourth-order valence-electron chi connectivity index (χ4n) is 1.81. The number of benzene rings is 1. The maximum atomic E-state index is 11.2. The summed E-state index contributed by atoms with van der Waals surface area (Å²) in [4.78, 5) is 21.4. The molecule has 7 heteroatoms. The fraction of sp³-hybridized carbons (Fsp3) is 0.462. The van der Waals surface area contributed by atoms with Gasteiger partial charge in [0.15, 0.2) is 5.75 Å². The summed E-state index contributed by atoms with van der Waals surface area (Å²) in [5.41, 5.74) is 0.314. The Morgan fingerprint density at radius 1 is 1.50 bits per heavy atom. The van der Waals surface area contributed by atoms with Gasteiger partial charge in [-0.1, -0.05) is 13.8 Å². The van der Waals surface area contributed by atoms with Crippen molar-refractivity contribution in [3.05, 3.63) is 28.3 Å². The molecule has 0 saturated heterocycles. The molecule has 0 fully saturated rings. The molecule has 1 atom stereocenters. The monoisotopic (exact) mass is 282 g/mol. The van der Waals surface area contributed by atoms with Crippen LogP contribution in [0.2, 0.25) is 0 Å². The highest BCUT2D eigenvalue weighted by atomic mass is 16.6. The summed E-state index contributed by atoms with van der Waals surface area (Å²) in [6.07, 6.45) is 0.453. The lowest BCUT2D eigenvalue weighted by atomic mass is 10.0. The normalized spacial score (nSPS) is 12.0. The van der Waals surface area contributed by atoms with Gasteiger partial charge in [-0.3, -0.25) is 10.1 Å². The molecule has 0 aliphatic heterocycles. The topological polar surface area (TPSA) is 102 Å². The second-order valence-electron chi connectivity index (χ2n) is 4.81. The molecule has 0 aromatic heterocycles. The summed E-state index contributed by atoms with van der Waals surface area (Å²) >= 11 is 0. The van der Waals surface area contributed by atoms with Gasteiger partial charge < -0.3 is 15.2 Å². The van der Waals surface area contributed by atoms with Gasteiger partial charge in [-0.25, -0.2) is 4.79 Å². The van der Waals surface area contributed by atoms with Crippen LogP contribution in [-0.4, -0.2) is 29.2 Å². The van der Waals surface area contributed by atoms with Crippen LogP contribution >= 0.6 is 0 Å². The first-order valence-electron chi connectivity index (χ1n) is 6.17. The molecule has 1 aromatic carbocycles. The van der Waals surface area contributed by atoms with Crippen LogP contribution in [0.1, 0.15) is 20.3 Å². The van der Waals surface area contributed by atoms with Crippen molar-refractivity contribution in [2.45, 2.75) is 26.3 Å². The van der Waals surface area contributed by atoms with Gasteiger partial charge in [0.2, 0.25) is 0 Å². The van der Waals surface area contributed by atoms with E-state index in [0.717, 1.165) is 0 Å². The third-order valence-corrected chi connectivity index (χ3v) is 2.72. The summed E-state index contributed by atoms with van der Waals surface area (Å²) in [5, 5.41) is 22.8. The lowest BCUT2D eigenvalue weighted by molar-refractivity contribution is -0.385. The third kappa shape index (κ3) is 4.11. The minimum Gasteiger partial charge on any atom is -0.490 e. The summed E-state index contributed by atoms with van der Waals surface area (Å²) in [7, 11) is 1.33. The number of nitrogens with zero attached hydrogens (tertiary/aromatic N) is 1. The summed E-state index contributed by atoms with van der Waals surface area (Å²) in [5.74, 6) is -0.659. The number of carboxylic acids is 1. The number of nitrogens with one attached hydrogen (secondary N) is 1. The summed E-state index contributed by atoms with van der Waals surface area (Å²) in [6.45, 7) is 3.85. The predicted octanol–water partition coefficient (Wildman–Crippen LogP) is 2.51. The molecule has 0 amide bonds. The first kappa shape index (κ1) is 15.7. The van der Waals surface area contributed by atoms with E-state index in [4.69, 9.17) is 9.84 Å². The Hall–Kier alpha value is -2.31. The van der Waals surface area contributed by atoms with E-state index < -0.39 is 16.9 Å². The number of aliphatic carboxylic acids is 1. The molecule has 110 valence electrons. The first-order valence-corrected chi connectivity index (χ1v) is 6.17. The molecule has 0 spiro atoms. The second kappa shape index (κ2) is 6.74. The Labute approximate surface area is 116 Å². The van der Waals surface area contributed by atoms with Crippen LogP contribution in [0.3, 0.4) is 0 Å². The van der Waals surface area contributed by atoms with Crippen LogP contribution in [0.4, 0.5) is 11.4 Å². The molecule has 7 nitrogen and oxygen atoms in total. The molecule has 1 rings (SSSR count). The fourth-order valence-corrected chi connectivity index (χ4v) is 1.81. The van der Waals surface area contributed by atoms with Crippen molar-refractivity contribution < 1.29 is 19.6 Å². The molecular formula is C13H18N2O5. The lowest BCUT2D eigenvalue weighted by Crippen LogP contribution is -2.30. The Morgan fingerprint density at radius 2 is 2.15 bits per heavy atom. The number of rotatable bonds is 7. The van der Waals surface area contributed by atoms with Gasteiger partial charge in [-0.2, -0.15) is 0 Å². The number of nitro benzene ring substituents is 1. The molecule has 0 radical (unpaired) electrons. The quantitative estimate of drug-likeness (QED) is 0.588. The average molecular weight is 282 g/mol. The third-order valence-electron chi connectivity index (χ3n) is 2.72. The Balaban J connectivity index is 2.96. The van der Waals surface area contributed by atoms with Crippen LogP contribution in [-0.2, 0) is 4.79 Å². The number of nitro groups is 1. The van der Waals surface area contributed by atoms with E-state index in [1.807, 2.05) is 13.8 Å². The maximum absolute atomic E-state index is 11.2. The Bertz CT molecular complexity index is 502. The van der Waals surface area contributed by atoms with Crippen LogP contribution in [0.5, 0.6) is 5.75 Å². The van der Waals surface area contributed by atoms with Crippen LogP contribution < -0.4 is 10.1 Å². The number of methoxy groups -OCH3 is 1. The number of carbonyl (C=O) groups is 1. The molecular weight excluding hydrogens is 264 g/mol.